The number of thiophene rings is 1. The van der Waals surface area contributed by atoms with E-state index in [0.717, 1.165) is 34.4 Å². The molecule has 1 atom stereocenters. The number of ether oxygens (including phenoxy) is 2. The summed E-state index contributed by atoms with van der Waals surface area (Å²) in [4.78, 5) is 1.20. The van der Waals surface area contributed by atoms with E-state index in [1.54, 1.807) is 25.6 Å². The molecule has 0 aliphatic carbocycles. The van der Waals surface area contributed by atoms with Gasteiger partial charge in [0, 0.05) is 4.88 Å². The number of rotatable bonds is 7. The molecule has 1 unspecified atom stereocenters. The monoisotopic (exact) mass is 325 g/mol. The summed E-state index contributed by atoms with van der Waals surface area (Å²) in [5.74, 6) is 1.47. The molecule has 0 amide bonds. The zero-order chi connectivity index (χ0) is 15.2. The van der Waals surface area contributed by atoms with Crippen LogP contribution in [0.5, 0.6) is 11.5 Å². The molecule has 114 valence electrons. The average molecular weight is 326 g/mol. The van der Waals surface area contributed by atoms with E-state index in [0.29, 0.717) is 0 Å². The number of benzene rings is 1. The van der Waals surface area contributed by atoms with Crippen molar-refractivity contribution in [2.75, 3.05) is 20.8 Å². The zero-order valence-electron chi connectivity index (χ0n) is 12.5. The molecular formula is C16H20ClNO2S. The Hall–Kier alpha value is -1.23. The number of nitrogens with one attached hydrogen (secondary N) is 1. The summed E-state index contributed by atoms with van der Waals surface area (Å²) in [6, 6.07) is 10.1. The van der Waals surface area contributed by atoms with Crippen LogP contribution in [0.1, 0.15) is 29.8 Å². The van der Waals surface area contributed by atoms with Gasteiger partial charge in [-0.15, -0.1) is 11.3 Å². The normalized spacial score (nSPS) is 12.2. The van der Waals surface area contributed by atoms with Crippen molar-refractivity contribution in [2.24, 2.45) is 0 Å². The first kappa shape index (κ1) is 16.1. The van der Waals surface area contributed by atoms with Crippen molar-refractivity contribution in [1.82, 2.24) is 5.32 Å². The highest BCUT2D eigenvalue weighted by Gasteiger charge is 2.17. The van der Waals surface area contributed by atoms with Crippen LogP contribution in [0.15, 0.2) is 30.3 Å². The van der Waals surface area contributed by atoms with Gasteiger partial charge >= 0.3 is 0 Å². The van der Waals surface area contributed by atoms with E-state index in [1.165, 1.54) is 4.88 Å². The molecule has 0 spiro atoms. The summed E-state index contributed by atoms with van der Waals surface area (Å²) in [6.45, 7) is 3.09. The van der Waals surface area contributed by atoms with Gasteiger partial charge in [-0.2, -0.15) is 0 Å². The van der Waals surface area contributed by atoms with Crippen LogP contribution in [-0.2, 0) is 0 Å². The molecule has 0 saturated heterocycles. The summed E-state index contributed by atoms with van der Waals surface area (Å²) < 4.78 is 11.5. The molecule has 0 bridgehead atoms. The first-order valence-corrected chi connectivity index (χ1v) is 8.09. The van der Waals surface area contributed by atoms with Crippen LogP contribution in [0.3, 0.4) is 0 Å². The second-order valence-corrected chi connectivity index (χ2v) is 6.39. The molecule has 5 heteroatoms. The first-order chi connectivity index (χ1) is 10.2. The van der Waals surface area contributed by atoms with Gasteiger partial charge in [0.15, 0.2) is 11.5 Å². The van der Waals surface area contributed by atoms with E-state index >= 15 is 0 Å². The molecule has 0 saturated carbocycles. The Morgan fingerprint density at radius 1 is 1.14 bits per heavy atom. The van der Waals surface area contributed by atoms with Crippen molar-refractivity contribution >= 4 is 22.9 Å². The second kappa shape index (κ2) is 7.69. The lowest BCUT2D eigenvalue weighted by atomic mass is 10.0. The van der Waals surface area contributed by atoms with Crippen molar-refractivity contribution in [3.8, 4) is 11.5 Å². The summed E-state index contributed by atoms with van der Waals surface area (Å²) in [7, 11) is 3.29. The zero-order valence-corrected chi connectivity index (χ0v) is 14.1. The molecule has 0 aliphatic heterocycles. The van der Waals surface area contributed by atoms with Gasteiger partial charge in [-0.1, -0.05) is 24.6 Å². The molecule has 21 heavy (non-hydrogen) atoms. The number of methoxy groups -OCH3 is 2. The van der Waals surface area contributed by atoms with Gasteiger partial charge in [0.25, 0.3) is 0 Å². The van der Waals surface area contributed by atoms with Gasteiger partial charge in [-0.25, -0.2) is 0 Å². The minimum absolute atomic E-state index is 0.113. The molecule has 3 nitrogen and oxygen atoms in total. The lowest BCUT2D eigenvalue weighted by Gasteiger charge is -2.19. The Morgan fingerprint density at radius 3 is 2.48 bits per heavy atom. The Labute approximate surface area is 134 Å². The molecule has 2 rings (SSSR count). The minimum Gasteiger partial charge on any atom is -0.493 e. The molecule has 1 heterocycles. The van der Waals surface area contributed by atoms with Crippen molar-refractivity contribution in [3.05, 3.63) is 45.1 Å². The van der Waals surface area contributed by atoms with Crippen molar-refractivity contribution in [3.63, 3.8) is 0 Å². The Balaban J connectivity index is 2.36. The molecular weight excluding hydrogens is 306 g/mol. The maximum Gasteiger partial charge on any atom is 0.161 e. The SMILES string of the molecule is CCCNC(c1ccc(OC)c(OC)c1)c1ccc(Cl)s1. The molecule has 0 radical (unpaired) electrons. The molecule has 0 fully saturated rings. The number of halogens is 1. The predicted molar refractivity (Wildman–Crippen MR) is 89.0 cm³/mol. The van der Waals surface area contributed by atoms with Crippen LogP contribution in [0.4, 0.5) is 0 Å². The fraction of sp³-hybridized carbons (Fsp3) is 0.375. The Bertz CT molecular complexity index is 585. The number of hydrogen-bond donors (Lipinski definition) is 1. The molecule has 0 aliphatic rings. The van der Waals surface area contributed by atoms with Gasteiger partial charge in [-0.3, -0.25) is 0 Å². The molecule has 1 aromatic heterocycles. The fourth-order valence-corrected chi connectivity index (χ4v) is 3.35. The van der Waals surface area contributed by atoms with Crippen LogP contribution in [0, 0.1) is 0 Å². The standard InChI is InChI=1S/C16H20ClNO2S/c1-4-9-18-16(14-7-8-15(17)21-14)11-5-6-12(19-2)13(10-11)20-3/h5-8,10,16,18H,4,9H2,1-3H3. The van der Waals surface area contributed by atoms with Crippen LogP contribution >= 0.6 is 22.9 Å². The average Bonchev–Trinajstić information content (AvgIpc) is 2.93. The van der Waals surface area contributed by atoms with E-state index in [4.69, 9.17) is 21.1 Å². The van der Waals surface area contributed by atoms with Crippen molar-refractivity contribution in [1.29, 1.82) is 0 Å². The number of hydrogen-bond acceptors (Lipinski definition) is 4. The van der Waals surface area contributed by atoms with E-state index in [9.17, 15) is 0 Å². The van der Waals surface area contributed by atoms with Gasteiger partial charge in [-0.05, 0) is 42.8 Å². The van der Waals surface area contributed by atoms with Gasteiger partial charge < -0.3 is 14.8 Å². The predicted octanol–water partition coefficient (Wildman–Crippen LogP) is 4.51. The largest absolute Gasteiger partial charge is 0.493 e. The highest BCUT2D eigenvalue weighted by Crippen LogP contribution is 2.35. The van der Waals surface area contributed by atoms with Gasteiger partial charge in [0.1, 0.15) is 0 Å². The minimum atomic E-state index is 0.113. The summed E-state index contributed by atoms with van der Waals surface area (Å²) >= 11 is 7.67. The molecule has 1 aromatic carbocycles. The summed E-state index contributed by atoms with van der Waals surface area (Å²) in [5, 5.41) is 3.56. The topological polar surface area (TPSA) is 30.5 Å². The maximum absolute atomic E-state index is 6.08. The van der Waals surface area contributed by atoms with E-state index in [1.807, 2.05) is 18.2 Å². The van der Waals surface area contributed by atoms with Crippen LogP contribution in [0.2, 0.25) is 4.34 Å². The van der Waals surface area contributed by atoms with Crippen LogP contribution < -0.4 is 14.8 Å². The Kier molecular flexibility index (Phi) is 5.91. The van der Waals surface area contributed by atoms with Crippen LogP contribution in [-0.4, -0.2) is 20.8 Å². The van der Waals surface area contributed by atoms with Crippen LogP contribution in [0.25, 0.3) is 0 Å². The van der Waals surface area contributed by atoms with E-state index < -0.39 is 0 Å². The van der Waals surface area contributed by atoms with E-state index in [2.05, 4.69) is 24.4 Å². The van der Waals surface area contributed by atoms with Gasteiger partial charge in [0.2, 0.25) is 0 Å². The highest BCUT2D eigenvalue weighted by atomic mass is 35.5. The lowest BCUT2D eigenvalue weighted by Crippen LogP contribution is -2.22. The summed E-state index contributed by atoms with van der Waals surface area (Å²) in [6.07, 6.45) is 1.07. The molecule has 2 aromatic rings. The van der Waals surface area contributed by atoms with Gasteiger partial charge in [0.05, 0.1) is 24.6 Å². The highest BCUT2D eigenvalue weighted by molar-refractivity contribution is 7.16. The Morgan fingerprint density at radius 2 is 1.90 bits per heavy atom. The first-order valence-electron chi connectivity index (χ1n) is 6.90. The van der Waals surface area contributed by atoms with Crippen molar-refractivity contribution in [2.45, 2.75) is 19.4 Å². The summed E-state index contributed by atoms with van der Waals surface area (Å²) in [5.41, 5.74) is 1.14. The quantitative estimate of drug-likeness (QED) is 0.812. The van der Waals surface area contributed by atoms with E-state index in [-0.39, 0.29) is 6.04 Å². The maximum atomic E-state index is 6.08. The third-order valence-corrected chi connectivity index (χ3v) is 4.51. The smallest absolute Gasteiger partial charge is 0.161 e. The lowest BCUT2D eigenvalue weighted by molar-refractivity contribution is 0.354. The second-order valence-electron chi connectivity index (χ2n) is 4.64. The third-order valence-electron chi connectivity index (χ3n) is 3.22. The fourth-order valence-electron chi connectivity index (χ4n) is 2.19. The molecule has 1 N–H and O–H groups in total. The third kappa shape index (κ3) is 3.90. The van der Waals surface area contributed by atoms with Crippen molar-refractivity contribution < 1.29 is 9.47 Å².